The van der Waals surface area contributed by atoms with Gasteiger partial charge in [-0.05, 0) is 12.3 Å². The molecule has 0 amide bonds. The standard InChI is InChI=1S/C10H21N3O/c1-7-5-11-9(13-7)12-6-8(14)10(2,3)4/h7-8,14H,5-6H2,1-4H3,(H2,11,12,13). The van der Waals surface area contributed by atoms with Crippen LogP contribution >= 0.6 is 0 Å². The maximum atomic E-state index is 9.77. The SMILES string of the molecule is CC1CN=C(NCC(O)C(C)(C)C)N1. The van der Waals surface area contributed by atoms with Gasteiger partial charge in [0, 0.05) is 12.6 Å². The quantitative estimate of drug-likeness (QED) is 0.601. The molecule has 2 atom stereocenters. The zero-order chi connectivity index (χ0) is 10.8. The molecule has 0 saturated heterocycles. The van der Waals surface area contributed by atoms with Crippen molar-refractivity contribution in [3.05, 3.63) is 0 Å². The first-order valence-electron chi connectivity index (χ1n) is 5.12. The molecule has 14 heavy (non-hydrogen) atoms. The predicted molar refractivity (Wildman–Crippen MR) is 58.4 cm³/mol. The Labute approximate surface area is 85.8 Å². The van der Waals surface area contributed by atoms with Crippen molar-refractivity contribution in [3.8, 4) is 0 Å². The first-order valence-corrected chi connectivity index (χ1v) is 5.12. The smallest absolute Gasteiger partial charge is 0.191 e. The number of nitrogens with one attached hydrogen (secondary N) is 2. The molecule has 0 saturated carbocycles. The lowest BCUT2D eigenvalue weighted by Gasteiger charge is -2.26. The van der Waals surface area contributed by atoms with E-state index in [0.29, 0.717) is 12.6 Å². The van der Waals surface area contributed by atoms with Crippen LogP contribution in [0.3, 0.4) is 0 Å². The third-order valence-corrected chi connectivity index (χ3v) is 2.37. The predicted octanol–water partition coefficient (Wildman–Crippen LogP) is 0.331. The highest BCUT2D eigenvalue weighted by molar-refractivity contribution is 5.81. The lowest BCUT2D eigenvalue weighted by atomic mass is 9.89. The molecule has 2 unspecified atom stereocenters. The first-order chi connectivity index (χ1) is 6.39. The Morgan fingerprint density at radius 2 is 2.29 bits per heavy atom. The average Bonchev–Trinajstić information content (AvgIpc) is 2.45. The summed E-state index contributed by atoms with van der Waals surface area (Å²) >= 11 is 0. The van der Waals surface area contributed by atoms with E-state index in [-0.39, 0.29) is 11.5 Å². The number of hydrogen-bond acceptors (Lipinski definition) is 4. The van der Waals surface area contributed by atoms with Gasteiger partial charge in [0.2, 0.25) is 0 Å². The molecule has 0 fully saturated rings. The maximum Gasteiger partial charge on any atom is 0.191 e. The zero-order valence-electron chi connectivity index (χ0n) is 9.46. The number of hydrogen-bond donors (Lipinski definition) is 3. The van der Waals surface area contributed by atoms with E-state index in [9.17, 15) is 5.11 Å². The molecule has 0 aliphatic carbocycles. The van der Waals surface area contributed by atoms with Gasteiger partial charge in [0.25, 0.3) is 0 Å². The highest BCUT2D eigenvalue weighted by Crippen LogP contribution is 2.18. The number of nitrogens with zero attached hydrogens (tertiary/aromatic N) is 1. The molecular weight excluding hydrogens is 178 g/mol. The van der Waals surface area contributed by atoms with Gasteiger partial charge in [0.05, 0.1) is 12.6 Å². The highest BCUT2D eigenvalue weighted by atomic mass is 16.3. The van der Waals surface area contributed by atoms with E-state index in [0.717, 1.165) is 12.5 Å². The van der Waals surface area contributed by atoms with Crippen molar-refractivity contribution < 1.29 is 5.11 Å². The minimum atomic E-state index is -0.358. The van der Waals surface area contributed by atoms with E-state index in [1.54, 1.807) is 0 Å². The number of guanidine groups is 1. The van der Waals surface area contributed by atoms with Crippen LogP contribution in [0.1, 0.15) is 27.7 Å². The van der Waals surface area contributed by atoms with E-state index in [2.05, 4.69) is 22.5 Å². The second-order valence-corrected chi connectivity index (χ2v) is 5.00. The minimum absolute atomic E-state index is 0.0855. The van der Waals surface area contributed by atoms with E-state index in [1.807, 2.05) is 20.8 Å². The Kier molecular flexibility index (Phi) is 3.37. The highest BCUT2D eigenvalue weighted by Gasteiger charge is 2.22. The van der Waals surface area contributed by atoms with Gasteiger partial charge < -0.3 is 15.7 Å². The molecule has 1 aliphatic heterocycles. The first kappa shape index (κ1) is 11.3. The lowest BCUT2D eigenvalue weighted by molar-refractivity contribution is 0.0669. The van der Waals surface area contributed by atoms with Crippen molar-refractivity contribution in [1.29, 1.82) is 0 Å². The summed E-state index contributed by atoms with van der Waals surface area (Å²) in [7, 11) is 0. The monoisotopic (exact) mass is 199 g/mol. The van der Waals surface area contributed by atoms with Crippen LogP contribution in [0.25, 0.3) is 0 Å². The molecule has 0 aromatic rings. The van der Waals surface area contributed by atoms with Crippen molar-refractivity contribution in [3.63, 3.8) is 0 Å². The molecule has 0 aromatic heterocycles. The summed E-state index contributed by atoms with van der Waals surface area (Å²) in [6.45, 7) is 9.50. The number of aliphatic imine (C=N–C) groups is 1. The van der Waals surface area contributed by atoms with Gasteiger partial charge in [-0.2, -0.15) is 0 Å². The van der Waals surface area contributed by atoms with Crippen LogP contribution in [0.5, 0.6) is 0 Å². The molecule has 0 bridgehead atoms. The molecule has 4 nitrogen and oxygen atoms in total. The van der Waals surface area contributed by atoms with Crippen molar-refractivity contribution in [1.82, 2.24) is 10.6 Å². The molecule has 1 heterocycles. The molecule has 0 spiro atoms. The fourth-order valence-corrected chi connectivity index (χ4v) is 1.16. The zero-order valence-corrected chi connectivity index (χ0v) is 9.46. The fourth-order valence-electron chi connectivity index (χ4n) is 1.16. The molecule has 4 heteroatoms. The Balaban J connectivity index is 2.28. The van der Waals surface area contributed by atoms with Crippen LogP contribution in [-0.4, -0.2) is 36.3 Å². The Morgan fingerprint density at radius 3 is 2.71 bits per heavy atom. The normalized spacial score (nSPS) is 24.1. The van der Waals surface area contributed by atoms with E-state index in [4.69, 9.17) is 0 Å². The summed E-state index contributed by atoms with van der Waals surface area (Å²) < 4.78 is 0. The van der Waals surface area contributed by atoms with Gasteiger partial charge in [0.15, 0.2) is 5.96 Å². The van der Waals surface area contributed by atoms with E-state index < -0.39 is 0 Å². The van der Waals surface area contributed by atoms with Gasteiger partial charge in [-0.15, -0.1) is 0 Å². The van der Waals surface area contributed by atoms with Crippen molar-refractivity contribution in [2.45, 2.75) is 39.8 Å². The largest absolute Gasteiger partial charge is 0.391 e. The Morgan fingerprint density at radius 1 is 1.64 bits per heavy atom. The van der Waals surface area contributed by atoms with Crippen molar-refractivity contribution in [2.75, 3.05) is 13.1 Å². The summed E-state index contributed by atoms with van der Waals surface area (Å²) in [6.07, 6.45) is -0.358. The maximum absolute atomic E-state index is 9.77. The second kappa shape index (κ2) is 4.17. The van der Waals surface area contributed by atoms with Crippen molar-refractivity contribution in [2.24, 2.45) is 10.4 Å². The summed E-state index contributed by atoms with van der Waals surface area (Å²) in [5.74, 6) is 0.806. The second-order valence-electron chi connectivity index (χ2n) is 5.00. The van der Waals surface area contributed by atoms with Gasteiger partial charge in [0.1, 0.15) is 0 Å². The average molecular weight is 199 g/mol. The third kappa shape index (κ3) is 3.18. The fraction of sp³-hybridized carbons (Fsp3) is 0.900. The van der Waals surface area contributed by atoms with E-state index in [1.165, 1.54) is 0 Å². The molecule has 0 aromatic carbocycles. The number of aliphatic hydroxyl groups is 1. The molecule has 1 rings (SSSR count). The van der Waals surface area contributed by atoms with E-state index >= 15 is 0 Å². The molecule has 1 aliphatic rings. The Hall–Kier alpha value is -0.770. The van der Waals surface area contributed by atoms with Gasteiger partial charge in [-0.1, -0.05) is 20.8 Å². The Bertz CT molecular complexity index is 220. The van der Waals surface area contributed by atoms with Crippen molar-refractivity contribution >= 4 is 5.96 Å². The summed E-state index contributed by atoms with van der Waals surface area (Å²) in [6, 6.07) is 0.407. The van der Waals surface area contributed by atoms with Gasteiger partial charge in [-0.25, -0.2) is 0 Å². The molecule has 0 radical (unpaired) electrons. The lowest BCUT2D eigenvalue weighted by Crippen LogP contribution is -2.44. The van der Waals surface area contributed by atoms with Gasteiger partial charge in [-0.3, -0.25) is 4.99 Å². The number of rotatable bonds is 2. The summed E-state index contributed by atoms with van der Waals surface area (Å²) in [5.41, 5.74) is -0.0855. The van der Waals surface area contributed by atoms with Crippen LogP contribution in [0, 0.1) is 5.41 Å². The van der Waals surface area contributed by atoms with Crippen LogP contribution in [0.15, 0.2) is 4.99 Å². The van der Waals surface area contributed by atoms with Crippen LogP contribution < -0.4 is 10.6 Å². The molecular formula is C10H21N3O. The molecule has 3 N–H and O–H groups in total. The van der Waals surface area contributed by atoms with Crippen LogP contribution in [0.2, 0.25) is 0 Å². The third-order valence-electron chi connectivity index (χ3n) is 2.37. The topological polar surface area (TPSA) is 56.7 Å². The van der Waals surface area contributed by atoms with Crippen LogP contribution in [-0.2, 0) is 0 Å². The van der Waals surface area contributed by atoms with Crippen LogP contribution in [0.4, 0.5) is 0 Å². The number of aliphatic hydroxyl groups excluding tert-OH is 1. The molecule has 82 valence electrons. The summed E-state index contributed by atoms with van der Waals surface area (Å²) in [5, 5.41) is 16.1. The summed E-state index contributed by atoms with van der Waals surface area (Å²) in [4.78, 5) is 4.25. The minimum Gasteiger partial charge on any atom is -0.391 e. The van der Waals surface area contributed by atoms with Gasteiger partial charge >= 0.3 is 0 Å².